The molecule has 0 aromatic heterocycles. The number of ether oxygens (including phenoxy) is 2. The summed E-state index contributed by atoms with van der Waals surface area (Å²) in [6.45, 7) is 4.60. The van der Waals surface area contributed by atoms with E-state index in [1.165, 1.54) is 0 Å². The first-order valence-corrected chi connectivity index (χ1v) is 12.0. The number of sulfonamides is 1. The van der Waals surface area contributed by atoms with Crippen LogP contribution in [0.5, 0.6) is 11.5 Å². The molecule has 31 heavy (non-hydrogen) atoms. The molecule has 0 atom stereocenters. The van der Waals surface area contributed by atoms with Gasteiger partial charge in [-0.1, -0.05) is 0 Å². The predicted octanol–water partition coefficient (Wildman–Crippen LogP) is 2.21. The zero-order valence-corrected chi connectivity index (χ0v) is 19.0. The lowest BCUT2D eigenvalue weighted by Crippen LogP contribution is -2.52. The van der Waals surface area contributed by atoms with E-state index in [-0.39, 0.29) is 12.5 Å². The van der Waals surface area contributed by atoms with E-state index in [0.29, 0.717) is 44.2 Å². The van der Waals surface area contributed by atoms with Gasteiger partial charge in [-0.15, -0.1) is 0 Å². The maximum atomic E-state index is 12.9. The first-order chi connectivity index (χ1) is 14.8. The van der Waals surface area contributed by atoms with E-state index in [1.54, 1.807) is 36.3 Å². The second-order valence-electron chi connectivity index (χ2n) is 7.26. The maximum Gasteiger partial charge on any atom is 0.243 e. The SMILES string of the molecule is CCOc1ccc(N(CC(=O)N2CCN(c3ccc(OC)cc3)CC2)S(C)(=O)=O)cc1. The molecule has 2 aromatic carbocycles. The highest BCUT2D eigenvalue weighted by Crippen LogP contribution is 2.23. The topological polar surface area (TPSA) is 79.4 Å². The van der Waals surface area contributed by atoms with Crippen LogP contribution in [0.2, 0.25) is 0 Å². The number of amides is 1. The van der Waals surface area contributed by atoms with Crippen LogP contribution < -0.4 is 18.7 Å². The largest absolute Gasteiger partial charge is 0.497 e. The van der Waals surface area contributed by atoms with Gasteiger partial charge in [0.25, 0.3) is 0 Å². The summed E-state index contributed by atoms with van der Waals surface area (Å²) in [5.41, 5.74) is 1.51. The molecule has 3 rings (SSSR count). The zero-order chi connectivity index (χ0) is 22.4. The Kier molecular flexibility index (Phi) is 7.27. The van der Waals surface area contributed by atoms with E-state index in [1.807, 2.05) is 31.2 Å². The van der Waals surface area contributed by atoms with Crippen molar-refractivity contribution < 1.29 is 22.7 Å². The Hall–Kier alpha value is -2.94. The van der Waals surface area contributed by atoms with Gasteiger partial charge in [-0.3, -0.25) is 9.10 Å². The van der Waals surface area contributed by atoms with Gasteiger partial charge in [-0.05, 0) is 55.5 Å². The summed E-state index contributed by atoms with van der Waals surface area (Å²) in [6.07, 6.45) is 1.11. The Balaban J connectivity index is 1.63. The van der Waals surface area contributed by atoms with Crippen LogP contribution in [0.25, 0.3) is 0 Å². The monoisotopic (exact) mass is 447 g/mol. The van der Waals surface area contributed by atoms with Crippen LogP contribution in [0.3, 0.4) is 0 Å². The molecular formula is C22H29N3O5S. The van der Waals surface area contributed by atoms with Gasteiger partial charge in [0.05, 0.1) is 25.7 Å². The summed E-state index contributed by atoms with van der Waals surface area (Å²) in [7, 11) is -1.98. The molecule has 0 spiro atoms. The molecule has 0 aliphatic carbocycles. The zero-order valence-electron chi connectivity index (χ0n) is 18.2. The van der Waals surface area contributed by atoms with Crippen LogP contribution in [0.4, 0.5) is 11.4 Å². The molecule has 168 valence electrons. The second kappa shape index (κ2) is 9.91. The summed E-state index contributed by atoms with van der Waals surface area (Å²) in [5.74, 6) is 1.24. The lowest BCUT2D eigenvalue weighted by molar-refractivity contribution is -0.129. The van der Waals surface area contributed by atoms with Crippen molar-refractivity contribution >= 4 is 27.3 Å². The minimum atomic E-state index is -3.61. The third-order valence-electron chi connectivity index (χ3n) is 5.18. The average molecular weight is 448 g/mol. The van der Waals surface area contributed by atoms with Gasteiger partial charge < -0.3 is 19.3 Å². The second-order valence-corrected chi connectivity index (χ2v) is 9.17. The highest BCUT2D eigenvalue weighted by atomic mass is 32.2. The molecule has 9 heteroatoms. The standard InChI is InChI=1S/C22H29N3O5S/c1-4-30-21-11-7-19(8-12-21)25(31(3,27)28)17-22(26)24-15-13-23(14-16-24)18-5-9-20(29-2)10-6-18/h5-12H,4,13-17H2,1-3H3. The van der Waals surface area contributed by atoms with Gasteiger partial charge in [-0.25, -0.2) is 8.42 Å². The van der Waals surface area contributed by atoms with Crippen LogP contribution in [-0.4, -0.2) is 71.9 Å². The number of piperazine rings is 1. The molecule has 1 heterocycles. The Morgan fingerprint density at radius 2 is 1.55 bits per heavy atom. The van der Waals surface area contributed by atoms with Crippen LogP contribution in [0.15, 0.2) is 48.5 Å². The van der Waals surface area contributed by atoms with E-state index in [2.05, 4.69) is 4.90 Å². The Labute approximate surface area is 184 Å². The maximum absolute atomic E-state index is 12.9. The molecule has 0 saturated carbocycles. The summed E-state index contributed by atoms with van der Waals surface area (Å²) in [4.78, 5) is 16.8. The third-order valence-corrected chi connectivity index (χ3v) is 6.33. The van der Waals surface area contributed by atoms with Crippen molar-refractivity contribution in [3.63, 3.8) is 0 Å². The van der Waals surface area contributed by atoms with E-state index in [0.717, 1.165) is 22.0 Å². The Bertz CT molecular complexity index is 969. The number of anilines is 2. The van der Waals surface area contributed by atoms with E-state index < -0.39 is 10.0 Å². The quantitative estimate of drug-likeness (QED) is 0.617. The molecular weight excluding hydrogens is 418 g/mol. The number of carbonyl (C=O) groups is 1. The Morgan fingerprint density at radius 3 is 2.06 bits per heavy atom. The van der Waals surface area contributed by atoms with Crippen molar-refractivity contribution in [2.75, 3.05) is 61.9 Å². The Morgan fingerprint density at radius 1 is 0.968 bits per heavy atom. The molecule has 0 bridgehead atoms. The molecule has 0 unspecified atom stereocenters. The van der Waals surface area contributed by atoms with Gasteiger partial charge in [0, 0.05) is 31.9 Å². The first kappa shape index (κ1) is 22.7. The minimum Gasteiger partial charge on any atom is -0.497 e. The molecule has 8 nitrogen and oxygen atoms in total. The lowest BCUT2D eigenvalue weighted by Gasteiger charge is -2.37. The fraction of sp³-hybridized carbons (Fsp3) is 0.409. The third kappa shape index (κ3) is 5.81. The average Bonchev–Trinajstić information content (AvgIpc) is 2.77. The van der Waals surface area contributed by atoms with Crippen LogP contribution >= 0.6 is 0 Å². The summed E-state index contributed by atoms with van der Waals surface area (Å²) in [5, 5.41) is 0. The van der Waals surface area contributed by atoms with Gasteiger partial charge >= 0.3 is 0 Å². The molecule has 2 aromatic rings. The lowest BCUT2D eigenvalue weighted by atomic mass is 10.2. The summed E-state index contributed by atoms with van der Waals surface area (Å²) in [6, 6.07) is 14.5. The molecule has 1 fully saturated rings. The smallest absolute Gasteiger partial charge is 0.243 e. The fourth-order valence-electron chi connectivity index (χ4n) is 3.51. The number of rotatable bonds is 8. The van der Waals surface area contributed by atoms with E-state index in [9.17, 15) is 13.2 Å². The molecule has 1 aliphatic heterocycles. The van der Waals surface area contributed by atoms with Crippen molar-refractivity contribution in [2.24, 2.45) is 0 Å². The van der Waals surface area contributed by atoms with Gasteiger partial charge in [0.1, 0.15) is 18.0 Å². The van der Waals surface area contributed by atoms with Gasteiger partial charge in [0.15, 0.2) is 0 Å². The van der Waals surface area contributed by atoms with Crippen molar-refractivity contribution in [1.82, 2.24) is 4.90 Å². The number of carbonyl (C=O) groups excluding carboxylic acids is 1. The van der Waals surface area contributed by atoms with Crippen molar-refractivity contribution in [3.05, 3.63) is 48.5 Å². The van der Waals surface area contributed by atoms with Gasteiger partial charge in [-0.2, -0.15) is 0 Å². The highest BCUT2D eigenvalue weighted by Gasteiger charge is 2.26. The van der Waals surface area contributed by atoms with Crippen LogP contribution in [0.1, 0.15) is 6.92 Å². The van der Waals surface area contributed by atoms with Crippen molar-refractivity contribution in [1.29, 1.82) is 0 Å². The van der Waals surface area contributed by atoms with Crippen LogP contribution in [0, 0.1) is 0 Å². The number of hydrogen-bond acceptors (Lipinski definition) is 6. The van der Waals surface area contributed by atoms with E-state index >= 15 is 0 Å². The van der Waals surface area contributed by atoms with Crippen LogP contribution in [-0.2, 0) is 14.8 Å². The number of benzene rings is 2. The first-order valence-electron chi connectivity index (χ1n) is 10.2. The molecule has 1 aliphatic rings. The van der Waals surface area contributed by atoms with Crippen molar-refractivity contribution in [3.8, 4) is 11.5 Å². The number of methoxy groups -OCH3 is 1. The number of hydrogen-bond donors (Lipinski definition) is 0. The van der Waals surface area contributed by atoms with Gasteiger partial charge in [0.2, 0.25) is 15.9 Å². The summed E-state index contributed by atoms with van der Waals surface area (Å²) >= 11 is 0. The molecule has 1 saturated heterocycles. The fourth-order valence-corrected chi connectivity index (χ4v) is 4.35. The molecule has 1 amide bonds. The van der Waals surface area contributed by atoms with E-state index in [4.69, 9.17) is 9.47 Å². The molecule has 0 radical (unpaired) electrons. The van der Waals surface area contributed by atoms with Crippen molar-refractivity contribution in [2.45, 2.75) is 6.92 Å². The predicted molar refractivity (Wildman–Crippen MR) is 122 cm³/mol. The number of nitrogens with zero attached hydrogens (tertiary/aromatic N) is 3. The molecule has 0 N–H and O–H groups in total. The normalized spacial score (nSPS) is 14.3. The minimum absolute atomic E-state index is 0.214. The summed E-state index contributed by atoms with van der Waals surface area (Å²) < 4.78 is 36.5. The highest BCUT2D eigenvalue weighted by molar-refractivity contribution is 7.92.